The molecule has 5 N–H and O–H groups in total. The van der Waals surface area contributed by atoms with Gasteiger partial charge in [-0.3, -0.25) is 14.5 Å². The molecule has 1 aliphatic heterocycles. The number of hydrogen-bond donors (Lipinski definition) is 3. The zero-order valence-corrected chi connectivity index (χ0v) is 23.1. The third-order valence-corrected chi connectivity index (χ3v) is 8.43. The Labute approximate surface area is 230 Å². The van der Waals surface area contributed by atoms with Crippen LogP contribution in [0.4, 0.5) is 5.69 Å². The van der Waals surface area contributed by atoms with Crippen molar-refractivity contribution in [3.63, 3.8) is 0 Å². The van der Waals surface area contributed by atoms with Gasteiger partial charge in [0.25, 0.3) is 0 Å². The Hall–Kier alpha value is -3.31. The van der Waals surface area contributed by atoms with Gasteiger partial charge < -0.3 is 21.4 Å². The molecule has 0 spiro atoms. The molecule has 0 bridgehead atoms. The fourth-order valence-corrected chi connectivity index (χ4v) is 6.46. The van der Waals surface area contributed by atoms with E-state index < -0.39 is 0 Å². The van der Waals surface area contributed by atoms with Crippen LogP contribution >= 0.6 is 0 Å². The van der Waals surface area contributed by atoms with E-state index in [0.29, 0.717) is 12.6 Å². The molecule has 206 valence electrons. The van der Waals surface area contributed by atoms with Crippen molar-refractivity contribution in [2.75, 3.05) is 52.6 Å². The average molecular weight is 529 g/mol. The minimum atomic E-state index is 0.102. The van der Waals surface area contributed by atoms with E-state index in [2.05, 4.69) is 73.2 Å². The van der Waals surface area contributed by atoms with Crippen molar-refractivity contribution >= 4 is 16.7 Å². The normalized spacial score (nSPS) is 22.5. The average Bonchev–Trinajstić information content (AvgIpc) is 3.55. The number of piperazine rings is 1. The van der Waals surface area contributed by atoms with E-state index in [1.165, 1.54) is 11.1 Å². The first-order valence-electron chi connectivity index (χ1n) is 13.9. The summed E-state index contributed by atoms with van der Waals surface area (Å²) in [4.78, 5) is 19.4. The van der Waals surface area contributed by atoms with Gasteiger partial charge in [-0.2, -0.15) is 5.10 Å². The molecule has 10 nitrogen and oxygen atoms in total. The van der Waals surface area contributed by atoms with Gasteiger partial charge in [0.05, 0.1) is 11.9 Å². The summed E-state index contributed by atoms with van der Waals surface area (Å²) in [5, 5.41) is 5.68. The molecule has 0 atom stereocenters. The molecule has 0 radical (unpaired) electrons. The summed E-state index contributed by atoms with van der Waals surface area (Å²) in [5.41, 5.74) is 18.9. The van der Waals surface area contributed by atoms with Gasteiger partial charge in [-0.15, -0.1) is 0 Å². The molecule has 0 unspecified atom stereocenters. The summed E-state index contributed by atoms with van der Waals surface area (Å²) in [6.07, 6.45) is 9.73. The smallest absolute Gasteiger partial charge is 0.141 e. The van der Waals surface area contributed by atoms with E-state index in [4.69, 9.17) is 11.5 Å². The lowest BCUT2D eigenvalue weighted by Gasteiger charge is -2.53. The number of fused-ring (bicyclic) bond motifs is 1. The quantitative estimate of drug-likeness (QED) is 0.283. The first-order valence-corrected chi connectivity index (χ1v) is 13.9. The molecule has 1 saturated carbocycles. The van der Waals surface area contributed by atoms with Crippen LogP contribution in [0.2, 0.25) is 0 Å². The van der Waals surface area contributed by atoms with Gasteiger partial charge in [-0.05, 0) is 62.8 Å². The Morgan fingerprint density at radius 3 is 2.64 bits per heavy atom. The predicted molar refractivity (Wildman–Crippen MR) is 155 cm³/mol. The second-order valence-corrected chi connectivity index (χ2v) is 11.8. The molecule has 1 aromatic carbocycles. The molecule has 1 aliphatic carbocycles. The van der Waals surface area contributed by atoms with Crippen LogP contribution in [0.5, 0.6) is 0 Å². The van der Waals surface area contributed by atoms with Crippen LogP contribution in [0, 0.1) is 5.41 Å². The highest BCUT2D eigenvalue weighted by molar-refractivity contribution is 5.89. The third kappa shape index (κ3) is 5.56. The van der Waals surface area contributed by atoms with Crippen molar-refractivity contribution in [1.82, 2.24) is 39.4 Å². The van der Waals surface area contributed by atoms with E-state index in [0.717, 1.165) is 86.6 Å². The van der Waals surface area contributed by atoms with E-state index in [1.54, 1.807) is 6.33 Å². The van der Waals surface area contributed by atoms with Gasteiger partial charge in [0.15, 0.2) is 0 Å². The molecule has 4 heterocycles. The van der Waals surface area contributed by atoms with Crippen LogP contribution < -0.4 is 11.5 Å². The summed E-state index contributed by atoms with van der Waals surface area (Å²) in [6.45, 7) is 7.76. The Kier molecular flexibility index (Phi) is 7.11. The van der Waals surface area contributed by atoms with Gasteiger partial charge in [0.1, 0.15) is 12.0 Å². The first kappa shape index (κ1) is 25.9. The maximum absolute atomic E-state index is 6.34. The molecular weight excluding hydrogens is 488 g/mol. The summed E-state index contributed by atoms with van der Waals surface area (Å²) in [6, 6.07) is 9.13. The Bertz CT molecular complexity index is 1410. The molecular formula is C29H40N10. The Morgan fingerprint density at radius 2 is 1.87 bits per heavy atom. The Morgan fingerprint density at radius 1 is 1.08 bits per heavy atom. The number of aromatic amines is 1. The van der Waals surface area contributed by atoms with Gasteiger partial charge in [0.2, 0.25) is 0 Å². The van der Waals surface area contributed by atoms with Crippen LogP contribution in [0.15, 0.2) is 49.2 Å². The van der Waals surface area contributed by atoms with Gasteiger partial charge >= 0.3 is 0 Å². The molecule has 3 aromatic heterocycles. The van der Waals surface area contributed by atoms with Crippen molar-refractivity contribution in [2.45, 2.75) is 38.5 Å². The van der Waals surface area contributed by atoms with Crippen LogP contribution in [-0.4, -0.2) is 92.3 Å². The van der Waals surface area contributed by atoms with Crippen molar-refractivity contribution in [3.8, 4) is 11.3 Å². The molecule has 6 rings (SSSR count). The van der Waals surface area contributed by atoms with E-state index in [-0.39, 0.29) is 5.41 Å². The zero-order valence-electron chi connectivity index (χ0n) is 23.1. The summed E-state index contributed by atoms with van der Waals surface area (Å²) in [7, 11) is 4.18. The number of nitrogens with one attached hydrogen (secondary N) is 1. The maximum atomic E-state index is 6.34. The van der Waals surface area contributed by atoms with Crippen molar-refractivity contribution in [3.05, 3.63) is 60.3 Å². The molecule has 39 heavy (non-hydrogen) atoms. The molecule has 2 aliphatic rings. The number of H-pyrrole nitrogens is 1. The van der Waals surface area contributed by atoms with Crippen LogP contribution in [-0.2, 0) is 19.6 Å². The number of rotatable bonds is 9. The highest BCUT2D eigenvalue weighted by Crippen LogP contribution is 2.44. The van der Waals surface area contributed by atoms with Crippen LogP contribution in [0.25, 0.3) is 22.3 Å². The fourth-order valence-electron chi connectivity index (χ4n) is 6.46. The number of aromatic nitrogens is 5. The molecule has 0 amide bonds. The van der Waals surface area contributed by atoms with E-state index in [1.807, 2.05) is 23.1 Å². The number of anilines is 1. The highest BCUT2D eigenvalue weighted by atomic mass is 15.3. The first-order chi connectivity index (χ1) is 18.9. The maximum Gasteiger partial charge on any atom is 0.141 e. The van der Waals surface area contributed by atoms with Crippen molar-refractivity contribution in [1.29, 1.82) is 0 Å². The number of nitrogens with two attached hydrogens (primary N) is 2. The zero-order chi connectivity index (χ0) is 27.0. The summed E-state index contributed by atoms with van der Waals surface area (Å²) >= 11 is 0. The van der Waals surface area contributed by atoms with Crippen molar-refractivity contribution < 1.29 is 0 Å². The standard InChI is InChI=1S/C29H40N10/c1-36(2)15-21-9-22(11-24(31)10-21)16-37-5-7-38(8-6-37)25-12-29(13-25,18-30)19-39-17-23(14-35-39)27-26-3-4-32-28(26)34-20-33-27/h3-4,9-11,14,17,20,25H,5-8,12-13,15-16,18-19,30-31H2,1-2H3,(H,32,33,34). The second-order valence-electron chi connectivity index (χ2n) is 11.8. The van der Waals surface area contributed by atoms with Gasteiger partial charge in [0, 0.05) is 86.3 Å². The van der Waals surface area contributed by atoms with Gasteiger partial charge in [-0.1, -0.05) is 6.07 Å². The molecule has 4 aromatic rings. The second kappa shape index (κ2) is 10.7. The van der Waals surface area contributed by atoms with Crippen LogP contribution in [0.3, 0.4) is 0 Å². The van der Waals surface area contributed by atoms with E-state index >= 15 is 0 Å². The third-order valence-electron chi connectivity index (χ3n) is 8.43. The monoisotopic (exact) mass is 528 g/mol. The largest absolute Gasteiger partial charge is 0.399 e. The van der Waals surface area contributed by atoms with Gasteiger partial charge in [-0.25, -0.2) is 9.97 Å². The highest BCUT2D eigenvalue weighted by Gasteiger charge is 2.46. The lowest BCUT2D eigenvalue weighted by atomic mass is 9.64. The number of benzene rings is 1. The van der Waals surface area contributed by atoms with Crippen LogP contribution in [0.1, 0.15) is 24.0 Å². The lowest BCUT2D eigenvalue weighted by molar-refractivity contribution is -0.0287. The number of nitrogen functional groups attached to an aromatic ring is 1. The topological polar surface area (TPSA) is 121 Å². The molecule has 1 saturated heterocycles. The number of hydrogen-bond acceptors (Lipinski definition) is 8. The Balaban J connectivity index is 1.02. The molecule has 10 heteroatoms. The van der Waals surface area contributed by atoms with E-state index in [9.17, 15) is 0 Å². The lowest BCUT2D eigenvalue weighted by Crippen LogP contribution is -2.59. The fraction of sp³-hybridized carbons (Fsp3) is 0.483. The van der Waals surface area contributed by atoms with Crippen molar-refractivity contribution in [2.24, 2.45) is 11.1 Å². The minimum absolute atomic E-state index is 0.102. The predicted octanol–water partition coefficient (Wildman–Crippen LogP) is 2.39. The molecule has 2 fully saturated rings. The minimum Gasteiger partial charge on any atom is -0.399 e. The SMILES string of the molecule is CN(C)Cc1cc(N)cc(CN2CCN(C3CC(CN)(Cn4cc(-c5ncnc6[nH]ccc56)cn4)C3)CC2)c1. The number of nitrogens with zero attached hydrogens (tertiary/aromatic N) is 7. The summed E-state index contributed by atoms with van der Waals surface area (Å²) in [5.74, 6) is 0. The summed E-state index contributed by atoms with van der Waals surface area (Å²) < 4.78 is 2.05.